The number of aryl methyl sites for hydroxylation is 1. The van der Waals surface area contributed by atoms with Crippen LogP contribution in [0.5, 0.6) is 0 Å². The number of aromatic nitrogens is 1. The molecule has 2 heterocycles. The third-order valence-electron chi connectivity index (χ3n) is 7.32. The average Bonchev–Trinajstić information content (AvgIpc) is 2.93. The molecule has 5 nitrogen and oxygen atoms in total. The first-order valence-electron chi connectivity index (χ1n) is 13.7. The number of nitrogens with zero attached hydrogens (tertiary/aromatic N) is 2. The highest BCUT2D eigenvalue weighted by Crippen LogP contribution is 2.37. The number of hydrogen-bond acceptors (Lipinski definition) is 3. The van der Waals surface area contributed by atoms with Crippen LogP contribution < -0.4 is 5.32 Å². The summed E-state index contributed by atoms with van der Waals surface area (Å²) in [4.78, 5) is 32.9. The monoisotopic (exact) mass is 559 g/mol. The van der Waals surface area contributed by atoms with E-state index in [4.69, 9.17) is 0 Å². The summed E-state index contributed by atoms with van der Waals surface area (Å²) in [5.41, 5.74) is 3.74. The van der Waals surface area contributed by atoms with Crippen LogP contribution in [0.15, 0.2) is 72.9 Å². The Labute approximate surface area is 237 Å². The van der Waals surface area contributed by atoms with E-state index in [0.29, 0.717) is 41.6 Å². The van der Waals surface area contributed by atoms with Crippen molar-refractivity contribution in [3.63, 3.8) is 0 Å². The van der Waals surface area contributed by atoms with Crippen molar-refractivity contribution in [2.24, 2.45) is 0 Å². The fourth-order valence-corrected chi connectivity index (χ4v) is 5.40. The van der Waals surface area contributed by atoms with Crippen LogP contribution in [0, 0.1) is 0 Å². The first-order valence-corrected chi connectivity index (χ1v) is 13.7. The van der Waals surface area contributed by atoms with E-state index in [-0.39, 0.29) is 24.8 Å². The van der Waals surface area contributed by atoms with Crippen molar-refractivity contribution in [3.8, 4) is 11.1 Å². The van der Waals surface area contributed by atoms with Crippen LogP contribution in [0.25, 0.3) is 22.0 Å². The summed E-state index contributed by atoms with van der Waals surface area (Å²) in [6.45, 7) is 6.27. The number of nitrogens with one attached hydrogen (secondary N) is 1. The van der Waals surface area contributed by atoms with Gasteiger partial charge in [0.25, 0.3) is 0 Å². The molecule has 1 aliphatic heterocycles. The molecule has 3 aromatic carbocycles. The number of alkyl halides is 3. The summed E-state index contributed by atoms with van der Waals surface area (Å²) in [6, 6.07) is 18.2. The minimum atomic E-state index is -4.47. The normalized spacial score (nSPS) is 13.7. The number of carbonyl (C=O) groups is 2. The van der Waals surface area contributed by atoms with E-state index in [9.17, 15) is 22.8 Å². The number of hydrogen-bond donors (Lipinski definition) is 1. The Morgan fingerprint density at radius 3 is 2.46 bits per heavy atom. The maximum Gasteiger partial charge on any atom is 0.416 e. The Hall–Kier alpha value is -4.20. The van der Waals surface area contributed by atoms with Gasteiger partial charge in [-0.3, -0.25) is 9.78 Å². The number of Topliss-reactive ketones (excluding diaryl/α,β-unsaturated/α-hetero) is 1. The summed E-state index contributed by atoms with van der Waals surface area (Å²) in [5.74, 6) is -0.0807. The molecular formula is C33H32F3N3O2. The molecule has 212 valence electrons. The lowest BCUT2D eigenvalue weighted by atomic mass is 9.85. The van der Waals surface area contributed by atoms with Crippen LogP contribution in [-0.4, -0.2) is 33.8 Å². The molecule has 0 spiro atoms. The number of benzene rings is 3. The average molecular weight is 560 g/mol. The second kappa shape index (κ2) is 11.0. The van der Waals surface area contributed by atoms with E-state index < -0.39 is 17.3 Å². The quantitative estimate of drug-likeness (QED) is 0.256. The Bertz CT molecular complexity index is 1620. The minimum Gasteiger partial charge on any atom is -0.333 e. The fourth-order valence-electron chi connectivity index (χ4n) is 5.40. The van der Waals surface area contributed by atoms with Gasteiger partial charge < -0.3 is 10.2 Å². The van der Waals surface area contributed by atoms with Gasteiger partial charge in [-0.15, -0.1) is 0 Å². The summed E-state index contributed by atoms with van der Waals surface area (Å²) in [6.07, 6.45) is -1.59. The smallest absolute Gasteiger partial charge is 0.333 e. The number of halogens is 3. The van der Waals surface area contributed by atoms with E-state index >= 15 is 0 Å². The van der Waals surface area contributed by atoms with E-state index in [0.717, 1.165) is 34.2 Å². The molecule has 1 N–H and O–H groups in total. The topological polar surface area (TPSA) is 62.3 Å². The first-order chi connectivity index (χ1) is 19.4. The summed E-state index contributed by atoms with van der Waals surface area (Å²) >= 11 is 0. The molecule has 0 unspecified atom stereocenters. The molecular weight excluding hydrogens is 527 g/mol. The van der Waals surface area contributed by atoms with Gasteiger partial charge in [0, 0.05) is 42.2 Å². The minimum absolute atomic E-state index is 0.0807. The molecule has 1 aromatic heterocycles. The summed E-state index contributed by atoms with van der Waals surface area (Å²) in [5, 5.41) is 3.97. The lowest BCUT2D eigenvalue weighted by Crippen LogP contribution is -2.50. The predicted molar refractivity (Wildman–Crippen MR) is 154 cm³/mol. The van der Waals surface area contributed by atoms with Crippen molar-refractivity contribution in [1.29, 1.82) is 0 Å². The number of ketones is 1. The van der Waals surface area contributed by atoms with Gasteiger partial charge in [0.1, 0.15) is 0 Å². The van der Waals surface area contributed by atoms with Crippen LogP contribution in [0.3, 0.4) is 0 Å². The molecule has 2 amide bonds. The number of para-hydroxylation sites is 1. The zero-order valence-electron chi connectivity index (χ0n) is 23.3. The number of carbonyl (C=O) groups excluding carboxylic acids is 2. The van der Waals surface area contributed by atoms with Gasteiger partial charge in [0.15, 0.2) is 5.78 Å². The Morgan fingerprint density at radius 1 is 0.951 bits per heavy atom. The van der Waals surface area contributed by atoms with Gasteiger partial charge in [-0.1, -0.05) is 48.5 Å². The maximum atomic E-state index is 13.7. The summed E-state index contributed by atoms with van der Waals surface area (Å²) < 4.78 is 40.5. The van der Waals surface area contributed by atoms with Gasteiger partial charge in [-0.05, 0) is 79.6 Å². The number of rotatable bonds is 5. The molecule has 0 radical (unpaired) electrons. The Balaban J connectivity index is 1.50. The molecule has 5 rings (SSSR count). The molecule has 0 bridgehead atoms. The molecule has 0 saturated heterocycles. The van der Waals surface area contributed by atoms with Gasteiger partial charge >= 0.3 is 12.2 Å². The lowest BCUT2D eigenvalue weighted by Gasteiger charge is -2.34. The zero-order chi connectivity index (χ0) is 29.4. The second-order valence-corrected chi connectivity index (χ2v) is 11.5. The van der Waals surface area contributed by atoms with Crippen molar-refractivity contribution in [2.75, 3.05) is 6.54 Å². The largest absolute Gasteiger partial charge is 0.416 e. The number of amides is 2. The molecule has 0 atom stereocenters. The lowest BCUT2D eigenvalue weighted by molar-refractivity contribution is -0.137. The highest BCUT2D eigenvalue weighted by Gasteiger charge is 2.32. The molecule has 1 aliphatic rings. The van der Waals surface area contributed by atoms with Crippen molar-refractivity contribution < 1.29 is 22.8 Å². The molecule has 0 saturated carbocycles. The maximum absolute atomic E-state index is 13.7. The first kappa shape index (κ1) is 28.3. The Morgan fingerprint density at radius 2 is 1.71 bits per heavy atom. The number of pyridine rings is 1. The number of urea groups is 1. The number of fused-ring (bicyclic) bond motifs is 2. The van der Waals surface area contributed by atoms with Crippen molar-refractivity contribution in [2.45, 2.75) is 58.3 Å². The van der Waals surface area contributed by atoms with E-state index in [1.165, 1.54) is 6.07 Å². The predicted octanol–water partition coefficient (Wildman–Crippen LogP) is 7.60. The molecule has 4 aromatic rings. The molecule has 41 heavy (non-hydrogen) atoms. The van der Waals surface area contributed by atoms with Crippen molar-refractivity contribution >= 4 is 22.7 Å². The molecule has 0 fully saturated rings. The van der Waals surface area contributed by atoms with Crippen LogP contribution in [-0.2, 0) is 25.6 Å². The van der Waals surface area contributed by atoms with Crippen molar-refractivity contribution in [3.05, 3.63) is 101 Å². The third kappa shape index (κ3) is 6.26. The van der Waals surface area contributed by atoms with Gasteiger partial charge in [-0.2, -0.15) is 13.2 Å². The van der Waals surface area contributed by atoms with Crippen LogP contribution in [0.4, 0.5) is 18.0 Å². The van der Waals surface area contributed by atoms with Gasteiger partial charge in [0.05, 0.1) is 11.1 Å². The van der Waals surface area contributed by atoms with Crippen LogP contribution in [0.1, 0.15) is 59.8 Å². The van der Waals surface area contributed by atoms with E-state index in [1.54, 1.807) is 29.3 Å². The highest BCUT2D eigenvalue weighted by atomic mass is 19.4. The van der Waals surface area contributed by atoms with Crippen LogP contribution in [0.2, 0.25) is 0 Å². The van der Waals surface area contributed by atoms with Gasteiger partial charge in [0.2, 0.25) is 0 Å². The molecule has 0 aliphatic carbocycles. The highest BCUT2D eigenvalue weighted by molar-refractivity contribution is 5.99. The SMILES string of the molecule is CC(C)(C)NC(=O)N1CCc2c(-c3cccc(C(F)(F)F)c3)ccc(C(=O)CCc3cccc4cccnc34)c2C1. The van der Waals surface area contributed by atoms with E-state index in [2.05, 4.69) is 10.3 Å². The standard InChI is InChI=1S/C33H32F3N3O2/c1-32(2,3)38-31(41)39-18-16-26-25(23-9-5-11-24(19-23)33(34,35)36)13-14-27(28(26)20-39)29(40)15-12-22-8-4-7-21-10-6-17-37-30(21)22/h4-11,13-14,17,19H,12,15-16,18,20H2,1-3H3,(H,38,41). The second-order valence-electron chi connectivity index (χ2n) is 11.5. The Kier molecular flexibility index (Phi) is 7.60. The van der Waals surface area contributed by atoms with E-state index in [1.807, 2.05) is 51.1 Å². The zero-order valence-corrected chi connectivity index (χ0v) is 23.3. The van der Waals surface area contributed by atoms with Crippen LogP contribution >= 0.6 is 0 Å². The van der Waals surface area contributed by atoms with Gasteiger partial charge in [-0.25, -0.2) is 4.79 Å². The third-order valence-corrected chi connectivity index (χ3v) is 7.32. The van der Waals surface area contributed by atoms with Crippen molar-refractivity contribution in [1.82, 2.24) is 15.2 Å². The fraction of sp³-hybridized carbons (Fsp3) is 0.303. The summed E-state index contributed by atoms with van der Waals surface area (Å²) in [7, 11) is 0. The molecule has 8 heteroatoms.